The smallest absolute Gasteiger partial charge is 0.279 e. The number of hydrazine groups is 1. The van der Waals surface area contributed by atoms with Crippen molar-refractivity contribution in [2.75, 3.05) is 0 Å². The van der Waals surface area contributed by atoms with Crippen LogP contribution in [-0.2, 0) is 14.4 Å². The first-order valence-corrected chi connectivity index (χ1v) is 8.29. The Kier molecular flexibility index (Phi) is 7.70. The molecule has 24 heavy (non-hydrogen) atoms. The highest BCUT2D eigenvalue weighted by molar-refractivity contribution is 9.10. The summed E-state index contributed by atoms with van der Waals surface area (Å²) in [7, 11) is 0. The maximum atomic E-state index is 12.1. The van der Waals surface area contributed by atoms with Crippen LogP contribution in [0.3, 0.4) is 0 Å². The quantitative estimate of drug-likeness (QED) is 0.631. The Bertz CT molecular complexity index is 607. The molecule has 3 N–H and O–H groups in total. The van der Waals surface area contributed by atoms with Crippen LogP contribution in [0.2, 0.25) is 0 Å². The standard InChI is InChI=1S/C16H22BrN3O4/c1-9(2)14(18-11(4)21)16(23)20-19-15(22)10(3)24-13-7-5-6-12(17)8-13/h5-10,14H,1-4H3,(H,18,21)(H,19,22)(H,20,23)/t10-,14+/m0/s1. The fourth-order valence-corrected chi connectivity index (χ4v) is 2.23. The van der Waals surface area contributed by atoms with Gasteiger partial charge in [0.2, 0.25) is 5.91 Å². The molecule has 0 aliphatic carbocycles. The number of rotatable bonds is 6. The van der Waals surface area contributed by atoms with E-state index in [4.69, 9.17) is 4.74 Å². The van der Waals surface area contributed by atoms with Crippen LogP contribution < -0.4 is 20.9 Å². The molecule has 0 unspecified atom stereocenters. The van der Waals surface area contributed by atoms with Crippen molar-refractivity contribution < 1.29 is 19.1 Å². The lowest BCUT2D eigenvalue weighted by Gasteiger charge is -2.22. The Hall–Kier alpha value is -2.09. The van der Waals surface area contributed by atoms with Crippen LogP contribution in [0.4, 0.5) is 0 Å². The first-order valence-electron chi connectivity index (χ1n) is 7.49. The minimum Gasteiger partial charge on any atom is -0.481 e. The highest BCUT2D eigenvalue weighted by atomic mass is 79.9. The Morgan fingerprint density at radius 1 is 1.08 bits per heavy atom. The molecule has 3 amide bonds. The lowest BCUT2D eigenvalue weighted by atomic mass is 10.0. The average Bonchev–Trinajstić information content (AvgIpc) is 2.49. The van der Waals surface area contributed by atoms with Crippen molar-refractivity contribution in [3.63, 3.8) is 0 Å². The van der Waals surface area contributed by atoms with E-state index in [-0.39, 0.29) is 11.8 Å². The van der Waals surface area contributed by atoms with Gasteiger partial charge < -0.3 is 10.1 Å². The van der Waals surface area contributed by atoms with E-state index in [0.29, 0.717) is 5.75 Å². The van der Waals surface area contributed by atoms with Crippen LogP contribution in [0.1, 0.15) is 27.7 Å². The minimum absolute atomic E-state index is 0.124. The largest absolute Gasteiger partial charge is 0.481 e. The van der Waals surface area contributed by atoms with E-state index in [1.54, 1.807) is 39.0 Å². The Labute approximate surface area is 149 Å². The normalized spacial score (nSPS) is 12.9. The van der Waals surface area contributed by atoms with Gasteiger partial charge in [-0.1, -0.05) is 35.8 Å². The molecule has 0 heterocycles. The van der Waals surface area contributed by atoms with Gasteiger partial charge in [-0.05, 0) is 31.0 Å². The zero-order valence-electron chi connectivity index (χ0n) is 14.1. The second-order valence-corrected chi connectivity index (χ2v) is 6.53. The molecule has 1 aromatic rings. The van der Waals surface area contributed by atoms with Crippen molar-refractivity contribution in [3.8, 4) is 5.75 Å². The average molecular weight is 400 g/mol. The number of nitrogens with one attached hydrogen (secondary N) is 3. The first-order chi connectivity index (χ1) is 11.2. The summed E-state index contributed by atoms with van der Waals surface area (Å²) in [6.45, 7) is 6.48. The summed E-state index contributed by atoms with van der Waals surface area (Å²) in [5, 5.41) is 2.54. The lowest BCUT2D eigenvalue weighted by Crippen LogP contribution is -2.55. The molecule has 132 valence electrons. The van der Waals surface area contributed by atoms with E-state index in [0.717, 1.165) is 4.47 Å². The van der Waals surface area contributed by atoms with Crippen molar-refractivity contribution in [3.05, 3.63) is 28.7 Å². The zero-order valence-corrected chi connectivity index (χ0v) is 15.6. The molecule has 8 heteroatoms. The highest BCUT2D eigenvalue weighted by Crippen LogP contribution is 2.18. The van der Waals surface area contributed by atoms with Crippen LogP contribution in [0, 0.1) is 5.92 Å². The number of hydrogen-bond acceptors (Lipinski definition) is 4. The predicted molar refractivity (Wildman–Crippen MR) is 93.0 cm³/mol. The van der Waals surface area contributed by atoms with E-state index >= 15 is 0 Å². The number of hydrogen-bond donors (Lipinski definition) is 3. The Morgan fingerprint density at radius 3 is 2.25 bits per heavy atom. The van der Waals surface area contributed by atoms with Gasteiger partial charge >= 0.3 is 0 Å². The SMILES string of the molecule is CC(=O)N[C@@H](C(=O)NNC(=O)[C@H](C)Oc1cccc(Br)c1)C(C)C. The third-order valence-electron chi connectivity index (χ3n) is 3.09. The fraction of sp³-hybridized carbons (Fsp3) is 0.438. The van der Waals surface area contributed by atoms with Gasteiger partial charge in [0.25, 0.3) is 11.8 Å². The molecule has 0 spiro atoms. The number of carbonyl (C=O) groups excluding carboxylic acids is 3. The highest BCUT2D eigenvalue weighted by Gasteiger charge is 2.24. The number of amides is 3. The summed E-state index contributed by atoms with van der Waals surface area (Å²) in [5.41, 5.74) is 4.60. The summed E-state index contributed by atoms with van der Waals surface area (Å²) in [6.07, 6.45) is -0.808. The number of carbonyl (C=O) groups is 3. The summed E-state index contributed by atoms with van der Waals surface area (Å²) in [4.78, 5) is 35.2. The van der Waals surface area contributed by atoms with E-state index in [1.807, 2.05) is 6.07 Å². The van der Waals surface area contributed by atoms with E-state index in [2.05, 4.69) is 32.1 Å². The van der Waals surface area contributed by atoms with Crippen LogP contribution in [0.5, 0.6) is 5.75 Å². The summed E-state index contributed by atoms with van der Waals surface area (Å²) >= 11 is 3.32. The lowest BCUT2D eigenvalue weighted by molar-refractivity contribution is -0.135. The summed E-state index contributed by atoms with van der Waals surface area (Å²) in [6, 6.07) is 6.34. The topological polar surface area (TPSA) is 96.5 Å². The molecule has 0 aliphatic rings. The van der Waals surface area contributed by atoms with E-state index in [1.165, 1.54) is 6.92 Å². The van der Waals surface area contributed by atoms with Crippen molar-refractivity contribution in [1.82, 2.24) is 16.2 Å². The van der Waals surface area contributed by atoms with Gasteiger partial charge in [0, 0.05) is 11.4 Å². The molecule has 1 rings (SSSR count). The number of ether oxygens (including phenoxy) is 1. The fourth-order valence-electron chi connectivity index (χ4n) is 1.85. The van der Waals surface area contributed by atoms with Crippen molar-refractivity contribution in [2.24, 2.45) is 5.92 Å². The molecule has 0 fully saturated rings. The number of benzene rings is 1. The van der Waals surface area contributed by atoms with Crippen molar-refractivity contribution in [2.45, 2.75) is 39.8 Å². The third kappa shape index (κ3) is 6.57. The zero-order chi connectivity index (χ0) is 18.3. The Morgan fingerprint density at radius 2 is 1.71 bits per heavy atom. The van der Waals surface area contributed by atoms with Crippen molar-refractivity contribution >= 4 is 33.7 Å². The van der Waals surface area contributed by atoms with Gasteiger partial charge in [0.05, 0.1) is 0 Å². The maximum Gasteiger partial charge on any atom is 0.279 e. The second kappa shape index (κ2) is 9.27. The number of halogens is 1. The van der Waals surface area contributed by atoms with Gasteiger partial charge in [-0.25, -0.2) is 0 Å². The van der Waals surface area contributed by atoms with Gasteiger partial charge in [-0.15, -0.1) is 0 Å². The first kappa shape index (κ1) is 20.0. The van der Waals surface area contributed by atoms with Crippen molar-refractivity contribution in [1.29, 1.82) is 0 Å². The monoisotopic (exact) mass is 399 g/mol. The minimum atomic E-state index is -0.808. The Balaban J connectivity index is 2.54. The molecule has 1 aromatic carbocycles. The molecule has 0 radical (unpaired) electrons. The second-order valence-electron chi connectivity index (χ2n) is 5.62. The summed E-state index contributed by atoms with van der Waals surface area (Å²) in [5.74, 6) is -0.920. The van der Waals surface area contributed by atoms with Gasteiger partial charge in [0.1, 0.15) is 11.8 Å². The predicted octanol–water partition coefficient (Wildman–Crippen LogP) is 1.52. The van der Waals surface area contributed by atoms with Gasteiger partial charge in [-0.3, -0.25) is 25.2 Å². The molecule has 0 aliphatic heterocycles. The maximum absolute atomic E-state index is 12.1. The molecule has 2 atom stereocenters. The van der Waals surface area contributed by atoms with E-state index in [9.17, 15) is 14.4 Å². The van der Waals surface area contributed by atoms with Gasteiger partial charge in [-0.2, -0.15) is 0 Å². The molecule has 0 saturated carbocycles. The molecule has 0 saturated heterocycles. The van der Waals surface area contributed by atoms with Crippen LogP contribution in [-0.4, -0.2) is 29.9 Å². The molecule has 7 nitrogen and oxygen atoms in total. The van der Waals surface area contributed by atoms with Crippen LogP contribution in [0.15, 0.2) is 28.7 Å². The van der Waals surface area contributed by atoms with Crippen LogP contribution >= 0.6 is 15.9 Å². The van der Waals surface area contributed by atoms with E-state index < -0.39 is 24.0 Å². The third-order valence-corrected chi connectivity index (χ3v) is 3.59. The van der Waals surface area contributed by atoms with Gasteiger partial charge in [0.15, 0.2) is 6.10 Å². The molecule has 0 bridgehead atoms. The molecular weight excluding hydrogens is 378 g/mol. The summed E-state index contributed by atoms with van der Waals surface area (Å²) < 4.78 is 6.33. The molecular formula is C16H22BrN3O4. The van der Waals surface area contributed by atoms with Crippen LogP contribution in [0.25, 0.3) is 0 Å². The molecule has 0 aromatic heterocycles.